The van der Waals surface area contributed by atoms with E-state index in [1.54, 1.807) is 0 Å². The molecule has 0 spiro atoms. The fraction of sp³-hybridized carbons (Fsp3) is 0.562. The van der Waals surface area contributed by atoms with Crippen molar-refractivity contribution in [3.63, 3.8) is 0 Å². The summed E-state index contributed by atoms with van der Waals surface area (Å²) in [6, 6.07) is 4.44. The molecule has 1 aliphatic carbocycles. The minimum atomic E-state index is -0.274. The van der Waals surface area contributed by atoms with Crippen LogP contribution in [0.25, 0.3) is 0 Å². The predicted molar refractivity (Wildman–Crippen MR) is 79.4 cm³/mol. The van der Waals surface area contributed by atoms with Gasteiger partial charge in [0.2, 0.25) is 5.91 Å². The lowest BCUT2D eigenvalue weighted by atomic mass is 10.0. The highest BCUT2D eigenvalue weighted by molar-refractivity contribution is 5.76. The third kappa shape index (κ3) is 3.51. The van der Waals surface area contributed by atoms with Gasteiger partial charge in [0, 0.05) is 12.6 Å². The Hall–Kier alpha value is -1.55. The van der Waals surface area contributed by atoms with E-state index in [4.69, 9.17) is 5.73 Å². The first-order valence-corrected chi connectivity index (χ1v) is 7.29. The van der Waals surface area contributed by atoms with Crippen LogP contribution >= 0.6 is 0 Å². The molecule has 4 heteroatoms. The van der Waals surface area contributed by atoms with Crippen LogP contribution in [-0.2, 0) is 11.3 Å². The van der Waals surface area contributed by atoms with Gasteiger partial charge in [-0.15, -0.1) is 0 Å². The molecule has 1 aromatic carbocycles. The maximum absolute atomic E-state index is 11.3. The van der Waals surface area contributed by atoms with E-state index in [2.05, 4.69) is 4.90 Å². The fourth-order valence-corrected chi connectivity index (χ4v) is 3.16. The summed E-state index contributed by atoms with van der Waals surface area (Å²) in [5, 5.41) is 9.83. The highest BCUT2D eigenvalue weighted by Crippen LogP contribution is 2.27. The molecule has 0 aromatic heterocycles. The molecule has 1 saturated carbocycles. The molecule has 0 atom stereocenters. The Kier molecular flexibility index (Phi) is 4.65. The molecule has 4 nitrogen and oxygen atoms in total. The smallest absolute Gasteiger partial charge is 0.231 e. The van der Waals surface area contributed by atoms with Crippen molar-refractivity contribution < 1.29 is 9.90 Å². The lowest BCUT2D eigenvalue weighted by molar-refractivity contribution is -0.119. The highest BCUT2D eigenvalue weighted by Gasteiger charge is 2.24. The topological polar surface area (TPSA) is 66.6 Å². The van der Waals surface area contributed by atoms with Crippen LogP contribution in [-0.4, -0.2) is 28.5 Å². The molecule has 0 radical (unpaired) electrons. The largest absolute Gasteiger partial charge is 0.507 e. The molecular weight excluding hydrogens is 252 g/mol. The maximum atomic E-state index is 11.3. The third-order valence-electron chi connectivity index (χ3n) is 4.14. The van der Waals surface area contributed by atoms with Gasteiger partial charge in [0.15, 0.2) is 0 Å². The van der Waals surface area contributed by atoms with Gasteiger partial charge in [0.05, 0.1) is 6.54 Å². The molecule has 0 bridgehead atoms. The van der Waals surface area contributed by atoms with Crippen molar-refractivity contribution >= 4 is 5.91 Å². The minimum absolute atomic E-state index is 0.274. The molecule has 0 unspecified atom stereocenters. The molecule has 3 N–H and O–H groups in total. The van der Waals surface area contributed by atoms with Gasteiger partial charge >= 0.3 is 0 Å². The van der Waals surface area contributed by atoms with Gasteiger partial charge in [0.1, 0.15) is 5.75 Å². The monoisotopic (exact) mass is 276 g/mol. The Morgan fingerprint density at radius 1 is 1.30 bits per heavy atom. The molecule has 110 valence electrons. The molecule has 1 aliphatic rings. The first-order chi connectivity index (χ1) is 9.47. The Labute approximate surface area is 120 Å². The second-order valence-electron chi connectivity index (χ2n) is 5.89. The molecule has 0 heterocycles. The van der Waals surface area contributed by atoms with Crippen molar-refractivity contribution in [2.75, 3.05) is 6.54 Å². The Morgan fingerprint density at radius 2 is 1.85 bits per heavy atom. The summed E-state index contributed by atoms with van der Waals surface area (Å²) in [7, 11) is 0. The predicted octanol–water partition coefficient (Wildman–Crippen LogP) is 2.24. The van der Waals surface area contributed by atoms with Gasteiger partial charge in [-0.05, 0) is 43.4 Å². The van der Waals surface area contributed by atoms with E-state index in [1.165, 1.54) is 12.8 Å². The van der Waals surface area contributed by atoms with Crippen molar-refractivity contribution in [1.29, 1.82) is 0 Å². The second-order valence-corrected chi connectivity index (χ2v) is 5.89. The fourth-order valence-electron chi connectivity index (χ4n) is 3.16. The number of amides is 1. The quantitative estimate of drug-likeness (QED) is 0.866. The molecular formula is C16H24N2O2. The number of hydrogen-bond donors (Lipinski definition) is 2. The van der Waals surface area contributed by atoms with Gasteiger partial charge in [-0.1, -0.05) is 25.0 Å². The normalized spacial score (nSPS) is 15.9. The molecule has 2 rings (SSSR count). The number of aromatic hydroxyl groups is 1. The summed E-state index contributed by atoms with van der Waals surface area (Å²) < 4.78 is 0. The van der Waals surface area contributed by atoms with Crippen molar-refractivity contribution in [2.45, 2.75) is 52.1 Å². The number of carbonyl (C=O) groups excluding carboxylic acids is 1. The Balaban J connectivity index is 2.16. The summed E-state index contributed by atoms with van der Waals surface area (Å²) in [6.07, 6.45) is 4.74. The van der Waals surface area contributed by atoms with E-state index < -0.39 is 0 Å². The van der Waals surface area contributed by atoms with Crippen LogP contribution in [0.2, 0.25) is 0 Å². The van der Waals surface area contributed by atoms with Crippen LogP contribution < -0.4 is 5.73 Å². The number of primary amides is 1. The lowest BCUT2D eigenvalue weighted by Crippen LogP contribution is -2.39. The Bertz CT molecular complexity index is 470. The number of rotatable bonds is 5. The van der Waals surface area contributed by atoms with Crippen LogP contribution in [0.5, 0.6) is 5.75 Å². The summed E-state index contributed by atoms with van der Waals surface area (Å²) in [5.41, 5.74) is 8.27. The standard InChI is InChI=1S/C16H24N2O2/c1-11-7-13(8-12(2)16(11)20)9-18(10-15(17)19)14-5-3-4-6-14/h7-8,14,20H,3-6,9-10H2,1-2H3,(H2,17,19). The van der Waals surface area contributed by atoms with E-state index in [1.807, 2.05) is 26.0 Å². The number of nitrogens with two attached hydrogens (primary N) is 1. The van der Waals surface area contributed by atoms with E-state index in [0.29, 0.717) is 18.3 Å². The van der Waals surface area contributed by atoms with Gasteiger partial charge in [0.25, 0.3) is 0 Å². The SMILES string of the molecule is Cc1cc(CN(CC(N)=O)C2CCCC2)cc(C)c1O. The molecule has 0 aliphatic heterocycles. The van der Waals surface area contributed by atoms with E-state index in [-0.39, 0.29) is 5.91 Å². The summed E-state index contributed by atoms with van der Waals surface area (Å²) >= 11 is 0. The van der Waals surface area contributed by atoms with Crippen LogP contribution in [0.1, 0.15) is 42.4 Å². The zero-order valence-electron chi connectivity index (χ0n) is 12.4. The van der Waals surface area contributed by atoms with Gasteiger partial charge in [-0.3, -0.25) is 9.69 Å². The van der Waals surface area contributed by atoms with Crippen molar-refractivity contribution in [3.8, 4) is 5.75 Å². The number of phenolic OH excluding ortho intramolecular Hbond substituents is 1. The first kappa shape index (κ1) is 14.9. The number of benzene rings is 1. The number of aryl methyl sites for hydroxylation is 2. The van der Waals surface area contributed by atoms with E-state index in [0.717, 1.165) is 36.1 Å². The average molecular weight is 276 g/mol. The Morgan fingerprint density at radius 3 is 2.35 bits per heavy atom. The van der Waals surface area contributed by atoms with Gasteiger partial charge in [-0.25, -0.2) is 0 Å². The number of carbonyl (C=O) groups is 1. The highest BCUT2D eigenvalue weighted by atomic mass is 16.3. The van der Waals surface area contributed by atoms with E-state index in [9.17, 15) is 9.90 Å². The number of phenols is 1. The molecule has 1 fully saturated rings. The van der Waals surface area contributed by atoms with Crippen molar-refractivity contribution in [3.05, 3.63) is 28.8 Å². The van der Waals surface area contributed by atoms with Gasteiger partial charge < -0.3 is 10.8 Å². The van der Waals surface area contributed by atoms with Crippen LogP contribution in [0.3, 0.4) is 0 Å². The zero-order chi connectivity index (χ0) is 14.7. The first-order valence-electron chi connectivity index (χ1n) is 7.29. The lowest BCUT2D eigenvalue weighted by Gasteiger charge is -2.28. The third-order valence-corrected chi connectivity index (χ3v) is 4.14. The van der Waals surface area contributed by atoms with E-state index >= 15 is 0 Å². The minimum Gasteiger partial charge on any atom is -0.507 e. The number of nitrogens with zero attached hydrogens (tertiary/aromatic N) is 1. The van der Waals surface area contributed by atoms with Crippen LogP contribution in [0.4, 0.5) is 0 Å². The van der Waals surface area contributed by atoms with Crippen molar-refractivity contribution in [1.82, 2.24) is 4.90 Å². The second kappa shape index (κ2) is 6.27. The molecule has 0 saturated heterocycles. The molecule has 20 heavy (non-hydrogen) atoms. The van der Waals surface area contributed by atoms with Gasteiger partial charge in [-0.2, -0.15) is 0 Å². The summed E-state index contributed by atoms with van der Waals surface area (Å²) in [5.74, 6) is 0.0835. The van der Waals surface area contributed by atoms with Crippen LogP contribution in [0.15, 0.2) is 12.1 Å². The zero-order valence-corrected chi connectivity index (χ0v) is 12.4. The molecule has 1 aromatic rings. The molecule has 1 amide bonds. The van der Waals surface area contributed by atoms with Crippen molar-refractivity contribution in [2.24, 2.45) is 5.73 Å². The summed E-state index contributed by atoms with van der Waals surface area (Å²) in [6.45, 7) is 4.83. The average Bonchev–Trinajstić information content (AvgIpc) is 2.88. The maximum Gasteiger partial charge on any atom is 0.231 e. The van der Waals surface area contributed by atoms with Crippen LogP contribution in [0, 0.1) is 13.8 Å². The number of hydrogen-bond acceptors (Lipinski definition) is 3. The summed E-state index contributed by atoms with van der Waals surface area (Å²) in [4.78, 5) is 13.5.